The van der Waals surface area contributed by atoms with Gasteiger partial charge in [-0.15, -0.1) is 0 Å². The molecule has 0 aromatic heterocycles. The van der Waals surface area contributed by atoms with Gasteiger partial charge in [0.2, 0.25) is 15.9 Å². The normalized spacial score (nSPS) is 14.1. The molecule has 160 valence electrons. The summed E-state index contributed by atoms with van der Waals surface area (Å²) in [4.78, 5) is 12.6. The zero-order valence-corrected chi connectivity index (χ0v) is 18.0. The van der Waals surface area contributed by atoms with Crippen LogP contribution >= 0.6 is 0 Å². The second kappa shape index (κ2) is 8.61. The van der Waals surface area contributed by atoms with Crippen molar-refractivity contribution in [2.45, 2.75) is 31.2 Å². The van der Waals surface area contributed by atoms with Crippen LogP contribution in [0.5, 0.6) is 0 Å². The Balaban J connectivity index is 1.48. The smallest absolute Gasteiger partial charge is 0.243 e. The van der Waals surface area contributed by atoms with Crippen molar-refractivity contribution >= 4 is 21.6 Å². The molecule has 0 fully saturated rings. The fraction of sp³-hybridized carbons (Fsp3) is 0.208. The van der Waals surface area contributed by atoms with E-state index in [2.05, 4.69) is 5.32 Å². The SMILES string of the molecule is Cc1ccc(S(=O)(=O)N2CCc3ccc(NC(=O)Cc4ccc(F)cc4)cc3C2)cc1. The lowest BCUT2D eigenvalue weighted by Gasteiger charge is -2.28. The van der Waals surface area contributed by atoms with Crippen LogP contribution in [0.25, 0.3) is 0 Å². The van der Waals surface area contributed by atoms with Crippen molar-refractivity contribution in [3.8, 4) is 0 Å². The first kappa shape index (κ1) is 21.2. The van der Waals surface area contributed by atoms with Crippen LogP contribution in [-0.2, 0) is 34.2 Å². The van der Waals surface area contributed by atoms with E-state index in [4.69, 9.17) is 0 Å². The number of amides is 1. The Morgan fingerprint density at radius 2 is 1.71 bits per heavy atom. The lowest BCUT2D eigenvalue weighted by molar-refractivity contribution is -0.115. The number of rotatable bonds is 5. The Morgan fingerprint density at radius 3 is 2.42 bits per heavy atom. The van der Waals surface area contributed by atoms with Crippen LogP contribution in [0.3, 0.4) is 0 Å². The predicted molar refractivity (Wildman–Crippen MR) is 118 cm³/mol. The molecule has 0 spiro atoms. The van der Waals surface area contributed by atoms with Crippen molar-refractivity contribution in [1.29, 1.82) is 0 Å². The van der Waals surface area contributed by atoms with Gasteiger partial charge in [-0.1, -0.05) is 35.9 Å². The number of fused-ring (bicyclic) bond motifs is 1. The molecule has 0 aliphatic carbocycles. The van der Waals surface area contributed by atoms with Crippen LogP contribution in [0.4, 0.5) is 10.1 Å². The number of hydrogen-bond donors (Lipinski definition) is 1. The number of nitrogens with zero attached hydrogens (tertiary/aromatic N) is 1. The van der Waals surface area contributed by atoms with E-state index in [1.54, 1.807) is 36.4 Å². The Kier molecular flexibility index (Phi) is 5.89. The summed E-state index contributed by atoms with van der Waals surface area (Å²) in [5.74, 6) is -0.560. The van der Waals surface area contributed by atoms with Crippen LogP contribution in [-0.4, -0.2) is 25.2 Å². The van der Waals surface area contributed by atoms with Crippen molar-refractivity contribution in [2.75, 3.05) is 11.9 Å². The molecule has 5 nitrogen and oxygen atoms in total. The highest BCUT2D eigenvalue weighted by Gasteiger charge is 2.28. The molecule has 1 aliphatic rings. The third-order valence-corrected chi connectivity index (χ3v) is 7.26. The van der Waals surface area contributed by atoms with E-state index in [0.29, 0.717) is 24.2 Å². The average molecular weight is 439 g/mol. The molecule has 4 rings (SSSR count). The summed E-state index contributed by atoms with van der Waals surface area (Å²) in [6.45, 7) is 2.59. The topological polar surface area (TPSA) is 66.5 Å². The van der Waals surface area contributed by atoms with Gasteiger partial charge in [0, 0.05) is 18.8 Å². The number of carbonyl (C=O) groups is 1. The van der Waals surface area contributed by atoms with Gasteiger partial charge >= 0.3 is 0 Å². The molecule has 3 aromatic rings. The third-order valence-electron chi connectivity index (χ3n) is 5.40. The maximum atomic E-state index is 13.0. The molecule has 7 heteroatoms. The Bertz CT molecular complexity index is 1210. The molecule has 0 unspecified atom stereocenters. The van der Waals surface area contributed by atoms with Gasteiger partial charge in [0.15, 0.2) is 0 Å². The zero-order chi connectivity index (χ0) is 22.0. The summed E-state index contributed by atoms with van der Waals surface area (Å²) in [6, 6.07) is 18.2. The van der Waals surface area contributed by atoms with E-state index in [1.807, 2.05) is 25.1 Å². The highest BCUT2D eigenvalue weighted by molar-refractivity contribution is 7.89. The maximum Gasteiger partial charge on any atom is 0.243 e. The fourth-order valence-corrected chi connectivity index (χ4v) is 5.09. The molecule has 1 amide bonds. The van der Waals surface area contributed by atoms with Gasteiger partial charge in [0.25, 0.3) is 0 Å². The number of sulfonamides is 1. The second-order valence-electron chi connectivity index (χ2n) is 7.74. The number of benzene rings is 3. The summed E-state index contributed by atoms with van der Waals surface area (Å²) in [5.41, 5.74) is 4.28. The summed E-state index contributed by atoms with van der Waals surface area (Å²) >= 11 is 0. The quantitative estimate of drug-likeness (QED) is 0.653. The van der Waals surface area contributed by atoms with Gasteiger partial charge < -0.3 is 5.32 Å². The van der Waals surface area contributed by atoms with Gasteiger partial charge in [-0.05, 0) is 66.4 Å². The molecule has 0 radical (unpaired) electrons. The molecular weight excluding hydrogens is 415 g/mol. The van der Waals surface area contributed by atoms with Gasteiger partial charge in [-0.2, -0.15) is 4.31 Å². The van der Waals surface area contributed by atoms with Gasteiger partial charge in [0.05, 0.1) is 11.3 Å². The van der Waals surface area contributed by atoms with E-state index in [9.17, 15) is 17.6 Å². The number of hydrogen-bond acceptors (Lipinski definition) is 3. The van der Waals surface area contributed by atoms with E-state index in [-0.39, 0.29) is 29.6 Å². The van der Waals surface area contributed by atoms with Gasteiger partial charge in [0.1, 0.15) is 5.82 Å². The number of halogens is 1. The van der Waals surface area contributed by atoms with E-state index >= 15 is 0 Å². The summed E-state index contributed by atoms with van der Waals surface area (Å²) in [5, 5.41) is 2.85. The number of aryl methyl sites for hydroxylation is 1. The van der Waals surface area contributed by atoms with Crippen LogP contribution in [0.1, 0.15) is 22.3 Å². The van der Waals surface area contributed by atoms with Crippen LogP contribution < -0.4 is 5.32 Å². The van der Waals surface area contributed by atoms with Crippen molar-refractivity contribution < 1.29 is 17.6 Å². The van der Waals surface area contributed by atoms with Crippen LogP contribution in [0.2, 0.25) is 0 Å². The largest absolute Gasteiger partial charge is 0.326 e. The van der Waals surface area contributed by atoms with Crippen molar-refractivity contribution in [2.24, 2.45) is 0 Å². The number of nitrogens with one attached hydrogen (secondary N) is 1. The Hall–Kier alpha value is -3.03. The first-order valence-electron chi connectivity index (χ1n) is 10.0. The second-order valence-corrected chi connectivity index (χ2v) is 9.67. The molecular formula is C24H23FN2O3S. The lowest BCUT2D eigenvalue weighted by Crippen LogP contribution is -2.36. The minimum absolute atomic E-state index is 0.130. The van der Waals surface area contributed by atoms with E-state index in [1.165, 1.54) is 16.4 Å². The maximum absolute atomic E-state index is 13.0. The van der Waals surface area contributed by atoms with Crippen molar-refractivity contribution in [3.63, 3.8) is 0 Å². The minimum atomic E-state index is -3.59. The first-order valence-corrected chi connectivity index (χ1v) is 11.5. The standard InChI is InChI=1S/C24H23FN2O3S/c1-17-2-10-23(11-3-17)31(29,30)27-13-12-19-6-9-22(15-20(19)16-27)26-24(28)14-18-4-7-21(25)8-5-18/h2-11,15H,12-14,16H2,1H3,(H,26,28). The summed E-state index contributed by atoms with van der Waals surface area (Å²) < 4.78 is 40.6. The van der Waals surface area contributed by atoms with Crippen molar-refractivity contribution in [3.05, 3.63) is 94.8 Å². The van der Waals surface area contributed by atoms with Gasteiger partial charge in [-0.3, -0.25) is 4.79 Å². The predicted octanol–water partition coefficient (Wildman–Crippen LogP) is 4.06. The Labute approximate surface area is 181 Å². The first-order chi connectivity index (χ1) is 14.8. The molecule has 1 aliphatic heterocycles. The van der Waals surface area contributed by atoms with E-state index < -0.39 is 10.0 Å². The minimum Gasteiger partial charge on any atom is -0.326 e. The summed E-state index contributed by atoms with van der Waals surface area (Å²) in [7, 11) is -3.59. The number of anilines is 1. The molecule has 3 aromatic carbocycles. The molecule has 0 bridgehead atoms. The third kappa shape index (κ3) is 4.84. The zero-order valence-electron chi connectivity index (χ0n) is 17.1. The van der Waals surface area contributed by atoms with Crippen LogP contribution in [0, 0.1) is 12.7 Å². The molecule has 0 saturated carbocycles. The summed E-state index contributed by atoms with van der Waals surface area (Å²) in [6.07, 6.45) is 0.746. The molecule has 1 N–H and O–H groups in total. The highest BCUT2D eigenvalue weighted by Crippen LogP contribution is 2.27. The molecule has 31 heavy (non-hydrogen) atoms. The van der Waals surface area contributed by atoms with Crippen LogP contribution in [0.15, 0.2) is 71.6 Å². The molecule has 1 heterocycles. The van der Waals surface area contributed by atoms with Crippen molar-refractivity contribution in [1.82, 2.24) is 4.31 Å². The highest BCUT2D eigenvalue weighted by atomic mass is 32.2. The number of carbonyl (C=O) groups excluding carboxylic acids is 1. The molecule has 0 saturated heterocycles. The van der Waals surface area contributed by atoms with E-state index in [0.717, 1.165) is 16.7 Å². The van der Waals surface area contributed by atoms with Gasteiger partial charge in [-0.25, -0.2) is 12.8 Å². The average Bonchev–Trinajstić information content (AvgIpc) is 2.75. The lowest BCUT2D eigenvalue weighted by atomic mass is 10.0. The Morgan fingerprint density at radius 1 is 1.00 bits per heavy atom. The fourth-order valence-electron chi connectivity index (χ4n) is 3.67. The molecule has 0 atom stereocenters. The monoisotopic (exact) mass is 438 g/mol.